The first-order valence-electron chi connectivity index (χ1n) is 11.6. The van der Waals surface area contributed by atoms with E-state index in [1.165, 1.54) is 0 Å². The summed E-state index contributed by atoms with van der Waals surface area (Å²) in [4.78, 5) is 19.1. The Bertz CT molecular complexity index is 1200. The molecule has 186 valence electrons. The Morgan fingerprint density at radius 3 is 2.46 bits per heavy atom. The maximum absolute atomic E-state index is 14.2. The number of hydrogen-bond donors (Lipinski definition) is 2. The molecule has 1 aromatic heterocycles. The number of fused-ring (bicyclic) bond motifs is 1. The van der Waals surface area contributed by atoms with E-state index < -0.39 is 29.0 Å². The van der Waals surface area contributed by atoms with Crippen LogP contribution in [-0.2, 0) is 6.18 Å². The van der Waals surface area contributed by atoms with Crippen LogP contribution in [0.4, 0.5) is 29.1 Å². The maximum atomic E-state index is 14.2. The van der Waals surface area contributed by atoms with Gasteiger partial charge in [-0.25, -0.2) is 9.37 Å². The van der Waals surface area contributed by atoms with Gasteiger partial charge < -0.3 is 15.5 Å². The zero-order valence-corrected chi connectivity index (χ0v) is 19.6. The van der Waals surface area contributed by atoms with E-state index in [2.05, 4.69) is 15.5 Å². The third-order valence-electron chi connectivity index (χ3n) is 6.47. The lowest BCUT2D eigenvalue weighted by atomic mass is 9.86. The zero-order chi connectivity index (χ0) is 25.2. The Hall–Kier alpha value is -3.36. The van der Waals surface area contributed by atoms with Crippen molar-refractivity contribution in [2.75, 3.05) is 30.9 Å². The molecule has 1 amide bonds. The van der Waals surface area contributed by atoms with Crippen molar-refractivity contribution in [1.29, 1.82) is 0 Å². The van der Waals surface area contributed by atoms with E-state index >= 15 is 0 Å². The molecule has 1 fully saturated rings. The van der Waals surface area contributed by atoms with Crippen LogP contribution in [0.2, 0.25) is 0 Å². The summed E-state index contributed by atoms with van der Waals surface area (Å²) < 4.78 is 53.0. The van der Waals surface area contributed by atoms with Crippen LogP contribution >= 0.6 is 0 Å². The third kappa shape index (κ3) is 5.66. The number of hydrogen-bond acceptors (Lipinski definition) is 4. The van der Waals surface area contributed by atoms with Crippen molar-refractivity contribution in [2.24, 2.45) is 5.92 Å². The SMILES string of the molecule is CN(C)c1cc(NC2CCC(CNC(=O)c3cccc(C(F)(F)F)c3F)CC2)nc2ccccc12. The number of carbonyl (C=O) groups excluding carboxylic acids is 1. The summed E-state index contributed by atoms with van der Waals surface area (Å²) in [5.41, 5.74) is -0.0264. The summed E-state index contributed by atoms with van der Waals surface area (Å²) in [5, 5.41) is 7.22. The van der Waals surface area contributed by atoms with Crippen LogP contribution in [0, 0.1) is 11.7 Å². The Kier molecular flexibility index (Phi) is 7.14. The van der Waals surface area contributed by atoms with Crippen LogP contribution < -0.4 is 15.5 Å². The van der Waals surface area contributed by atoms with Crippen molar-refractivity contribution in [2.45, 2.75) is 37.9 Å². The summed E-state index contributed by atoms with van der Waals surface area (Å²) >= 11 is 0. The van der Waals surface area contributed by atoms with Crippen molar-refractivity contribution in [3.05, 3.63) is 65.5 Å². The van der Waals surface area contributed by atoms with Crippen LogP contribution in [0.15, 0.2) is 48.5 Å². The molecule has 0 bridgehead atoms. The molecule has 35 heavy (non-hydrogen) atoms. The van der Waals surface area contributed by atoms with Gasteiger partial charge in [0, 0.05) is 43.8 Å². The first-order chi connectivity index (χ1) is 16.6. The highest BCUT2D eigenvalue weighted by Crippen LogP contribution is 2.33. The van der Waals surface area contributed by atoms with E-state index in [4.69, 9.17) is 4.98 Å². The van der Waals surface area contributed by atoms with Crippen LogP contribution in [0.3, 0.4) is 0 Å². The number of amides is 1. The van der Waals surface area contributed by atoms with Gasteiger partial charge in [0.2, 0.25) is 0 Å². The zero-order valence-electron chi connectivity index (χ0n) is 19.6. The predicted molar refractivity (Wildman–Crippen MR) is 129 cm³/mol. The third-order valence-corrected chi connectivity index (χ3v) is 6.47. The fourth-order valence-corrected chi connectivity index (χ4v) is 4.58. The van der Waals surface area contributed by atoms with Crippen LogP contribution in [0.25, 0.3) is 10.9 Å². The van der Waals surface area contributed by atoms with Crippen molar-refractivity contribution < 1.29 is 22.4 Å². The first-order valence-corrected chi connectivity index (χ1v) is 11.6. The molecule has 4 rings (SSSR count). The van der Waals surface area contributed by atoms with Gasteiger partial charge in [-0.2, -0.15) is 13.2 Å². The van der Waals surface area contributed by atoms with Gasteiger partial charge in [-0.05, 0) is 49.8 Å². The molecule has 9 heteroatoms. The van der Waals surface area contributed by atoms with Crippen molar-refractivity contribution in [3.8, 4) is 0 Å². The fraction of sp³-hybridized carbons (Fsp3) is 0.385. The quantitative estimate of drug-likeness (QED) is 0.427. The molecule has 0 atom stereocenters. The van der Waals surface area contributed by atoms with Crippen LogP contribution in [-0.4, -0.2) is 37.6 Å². The summed E-state index contributed by atoms with van der Waals surface area (Å²) in [6.07, 6.45) is -1.46. The molecule has 1 aliphatic carbocycles. The second-order valence-electron chi connectivity index (χ2n) is 9.18. The normalized spacial score (nSPS) is 18.3. The minimum atomic E-state index is -4.85. The fourth-order valence-electron chi connectivity index (χ4n) is 4.58. The minimum Gasteiger partial charge on any atom is -0.377 e. The van der Waals surface area contributed by atoms with Gasteiger partial charge in [0.1, 0.15) is 11.6 Å². The molecule has 0 aliphatic heterocycles. The number of pyridine rings is 1. The molecule has 0 spiro atoms. The van der Waals surface area contributed by atoms with E-state index in [0.717, 1.165) is 60.2 Å². The Morgan fingerprint density at radius 2 is 1.77 bits per heavy atom. The molecule has 2 N–H and O–H groups in total. The average Bonchev–Trinajstić information content (AvgIpc) is 2.82. The first kappa shape index (κ1) is 24.8. The number of aromatic nitrogens is 1. The lowest BCUT2D eigenvalue weighted by Crippen LogP contribution is -2.34. The number of carbonyl (C=O) groups is 1. The van der Waals surface area contributed by atoms with Gasteiger partial charge in [0.05, 0.1) is 16.6 Å². The van der Waals surface area contributed by atoms with Gasteiger partial charge in [-0.3, -0.25) is 4.79 Å². The number of nitrogens with one attached hydrogen (secondary N) is 2. The number of anilines is 2. The van der Waals surface area contributed by atoms with E-state index in [9.17, 15) is 22.4 Å². The maximum Gasteiger partial charge on any atom is 0.419 e. The van der Waals surface area contributed by atoms with Crippen LogP contribution in [0.1, 0.15) is 41.6 Å². The lowest BCUT2D eigenvalue weighted by molar-refractivity contribution is -0.140. The molecule has 0 saturated heterocycles. The monoisotopic (exact) mass is 488 g/mol. The number of rotatable bonds is 6. The summed E-state index contributed by atoms with van der Waals surface area (Å²) in [5.74, 6) is -1.38. The molecule has 2 aromatic carbocycles. The van der Waals surface area contributed by atoms with Crippen molar-refractivity contribution in [1.82, 2.24) is 10.3 Å². The molecule has 1 saturated carbocycles. The topological polar surface area (TPSA) is 57.3 Å². The molecule has 5 nitrogen and oxygen atoms in total. The standard InChI is InChI=1S/C26H28F4N4O/c1-34(2)22-14-23(33-21-9-4-3-6-18(21)22)32-17-12-10-16(11-13-17)15-31-25(35)19-7-5-8-20(24(19)27)26(28,29)30/h3-9,14,16-17H,10-13,15H2,1-2H3,(H,31,35)(H,32,33). The average molecular weight is 489 g/mol. The minimum absolute atomic E-state index is 0.174. The number of benzene rings is 2. The second kappa shape index (κ2) is 10.1. The Balaban J connectivity index is 1.33. The van der Waals surface area contributed by atoms with Gasteiger partial charge >= 0.3 is 6.18 Å². The molecule has 0 unspecified atom stereocenters. The highest BCUT2D eigenvalue weighted by Gasteiger charge is 2.35. The Labute approximate surface area is 201 Å². The van der Waals surface area contributed by atoms with E-state index in [1.807, 2.05) is 44.4 Å². The van der Waals surface area contributed by atoms with Gasteiger partial charge in [0.25, 0.3) is 5.91 Å². The number of alkyl halides is 3. The molecule has 1 aliphatic rings. The summed E-state index contributed by atoms with van der Waals surface area (Å²) in [6, 6.07) is 13.0. The molecule has 0 radical (unpaired) electrons. The van der Waals surface area contributed by atoms with Crippen molar-refractivity contribution >= 4 is 28.3 Å². The molecule has 1 heterocycles. The number of para-hydroxylation sites is 1. The van der Waals surface area contributed by atoms with Gasteiger partial charge in [0.15, 0.2) is 0 Å². The van der Waals surface area contributed by atoms with Crippen LogP contribution in [0.5, 0.6) is 0 Å². The lowest BCUT2D eigenvalue weighted by Gasteiger charge is -2.30. The highest BCUT2D eigenvalue weighted by atomic mass is 19.4. The van der Waals surface area contributed by atoms with E-state index in [0.29, 0.717) is 12.6 Å². The summed E-state index contributed by atoms with van der Waals surface area (Å²) in [6.45, 7) is 0.292. The number of nitrogens with zero attached hydrogens (tertiary/aromatic N) is 2. The smallest absolute Gasteiger partial charge is 0.377 e. The second-order valence-corrected chi connectivity index (χ2v) is 9.18. The number of halogens is 4. The van der Waals surface area contributed by atoms with Gasteiger partial charge in [-0.1, -0.05) is 24.3 Å². The summed E-state index contributed by atoms with van der Waals surface area (Å²) in [7, 11) is 3.99. The molecular weight excluding hydrogens is 460 g/mol. The largest absolute Gasteiger partial charge is 0.419 e. The van der Waals surface area contributed by atoms with Crippen molar-refractivity contribution in [3.63, 3.8) is 0 Å². The molecular formula is C26H28F4N4O. The molecule has 3 aromatic rings. The highest BCUT2D eigenvalue weighted by molar-refractivity contribution is 5.95. The van der Waals surface area contributed by atoms with E-state index in [1.54, 1.807) is 0 Å². The predicted octanol–water partition coefficient (Wildman–Crippen LogP) is 5.86. The van der Waals surface area contributed by atoms with Gasteiger partial charge in [-0.15, -0.1) is 0 Å². The van der Waals surface area contributed by atoms with E-state index in [-0.39, 0.29) is 12.0 Å². The Morgan fingerprint density at radius 1 is 1.06 bits per heavy atom.